The van der Waals surface area contributed by atoms with Crippen LogP contribution in [0.15, 0.2) is 16.0 Å². The molecule has 0 amide bonds. The fourth-order valence-corrected chi connectivity index (χ4v) is 2.32. The van der Waals surface area contributed by atoms with Gasteiger partial charge in [-0.1, -0.05) is 18.7 Å². The Balaban J connectivity index is 2.42. The fourth-order valence-electron chi connectivity index (χ4n) is 1.38. The lowest BCUT2D eigenvalue weighted by molar-refractivity contribution is 0.395. The fraction of sp³-hybridized carbons (Fsp3) is 0.692. The van der Waals surface area contributed by atoms with Crippen LogP contribution in [0, 0.1) is 12.8 Å². The third kappa shape index (κ3) is 6.21. The first-order chi connectivity index (χ1) is 8.26. The van der Waals surface area contributed by atoms with E-state index >= 15 is 0 Å². The standard InChI is InChI=1S/C13H23N3OS/c1-9(7-14-13(3,4)5)8-18-12-15-10(2)6-11(17)16-12/h6,9,14H,7-8H2,1-5H3,(H,15,16,17). The van der Waals surface area contributed by atoms with Gasteiger partial charge in [-0.05, 0) is 40.2 Å². The van der Waals surface area contributed by atoms with Gasteiger partial charge in [-0.25, -0.2) is 4.98 Å². The first-order valence-corrected chi connectivity index (χ1v) is 7.20. The van der Waals surface area contributed by atoms with Gasteiger partial charge in [-0.3, -0.25) is 4.79 Å². The Morgan fingerprint density at radius 1 is 1.50 bits per heavy atom. The maximum Gasteiger partial charge on any atom is 0.251 e. The molecule has 1 atom stereocenters. The van der Waals surface area contributed by atoms with Gasteiger partial charge >= 0.3 is 0 Å². The zero-order valence-electron chi connectivity index (χ0n) is 11.8. The Labute approximate surface area is 113 Å². The van der Waals surface area contributed by atoms with E-state index in [9.17, 15) is 4.79 Å². The molecule has 1 aromatic heterocycles. The molecule has 18 heavy (non-hydrogen) atoms. The van der Waals surface area contributed by atoms with Gasteiger partial charge in [0.25, 0.3) is 5.56 Å². The number of hydrogen-bond acceptors (Lipinski definition) is 4. The quantitative estimate of drug-likeness (QED) is 0.635. The molecule has 2 N–H and O–H groups in total. The van der Waals surface area contributed by atoms with Gasteiger partial charge < -0.3 is 10.3 Å². The summed E-state index contributed by atoms with van der Waals surface area (Å²) >= 11 is 1.60. The van der Waals surface area contributed by atoms with Crippen LogP contribution in [0.5, 0.6) is 0 Å². The summed E-state index contributed by atoms with van der Waals surface area (Å²) in [6.07, 6.45) is 0. The third-order valence-corrected chi connectivity index (χ3v) is 3.54. The van der Waals surface area contributed by atoms with Gasteiger partial charge in [0.05, 0.1) is 0 Å². The zero-order valence-corrected chi connectivity index (χ0v) is 12.6. The van der Waals surface area contributed by atoms with Crippen LogP contribution in [0.25, 0.3) is 0 Å². The smallest absolute Gasteiger partial charge is 0.251 e. The summed E-state index contributed by atoms with van der Waals surface area (Å²) in [5, 5.41) is 4.19. The van der Waals surface area contributed by atoms with E-state index in [0.717, 1.165) is 18.0 Å². The number of aromatic amines is 1. The van der Waals surface area contributed by atoms with E-state index in [0.29, 0.717) is 11.1 Å². The molecule has 4 nitrogen and oxygen atoms in total. The number of rotatable bonds is 5. The van der Waals surface area contributed by atoms with E-state index in [1.54, 1.807) is 11.8 Å². The first-order valence-electron chi connectivity index (χ1n) is 6.22. The number of nitrogens with zero attached hydrogens (tertiary/aromatic N) is 1. The number of hydrogen-bond donors (Lipinski definition) is 2. The minimum atomic E-state index is -0.0783. The number of nitrogens with one attached hydrogen (secondary N) is 2. The summed E-state index contributed by atoms with van der Waals surface area (Å²) in [4.78, 5) is 18.3. The van der Waals surface area contributed by atoms with Gasteiger partial charge in [-0.2, -0.15) is 0 Å². The lowest BCUT2D eigenvalue weighted by atomic mass is 10.1. The van der Waals surface area contributed by atoms with Gasteiger partial charge in [0.1, 0.15) is 0 Å². The zero-order chi connectivity index (χ0) is 13.8. The molecule has 5 heteroatoms. The number of H-pyrrole nitrogens is 1. The lowest BCUT2D eigenvalue weighted by Crippen LogP contribution is -2.39. The van der Waals surface area contributed by atoms with E-state index in [4.69, 9.17) is 0 Å². The molecule has 0 aliphatic carbocycles. The topological polar surface area (TPSA) is 57.8 Å². The number of aryl methyl sites for hydroxylation is 1. The maximum absolute atomic E-state index is 11.3. The molecule has 1 heterocycles. The SMILES string of the molecule is Cc1cc(=O)[nH]c(SCC(C)CNC(C)(C)C)n1. The molecule has 0 spiro atoms. The minimum absolute atomic E-state index is 0.0783. The van der Waals surface area contributed by atoms with Crippen molar-refractivity contribution in [3.63, 3.8) is 0 Å². The van der Waals surface area contributed by atoms with Crippen LogP contribution in [-0.2, 0) is 0 Å². The molecule has 1 unspecified atom stereocenters. The molecule has 0 saturated carbocycles. The number of aromatic nitrogens is 2. The van der Waals surface area contributed by atoms with Crippen molar-refractivity contribution in [1.82, 2.24) is 15.3 Å². The second kappa shape index (κ2) is 6.38. The van der Waals surface area contributed by atoms with Gasteiger partial charge in [0.15, 0.2) is 5.16 Å². The van der Waals surface area contributed by atoms with Crippen molar-refractivity contribution in [1.29, 1.82) is 0 Å². The molecular weight excluding hydrogens is 246 g/mol. The Bertz CT molecular complexity index is 437. The van der Waals surface area contributed by atoms with E-state index in [1.807, 2.05) is 6.92 Å². The Morgan fingerprint density at radius 3 is 2.72 bits per heavy atom. The van der Waals surface area contributed by atoms with Gasteiger partial charge in [0.2, 0.25) is 0 Å². The molecule has 102 valence electrons. The van der Waals surface area contributed by atoms with Crippen molar-refractivity contribution < 1.29 is 0 Å². The van der Waals surface area contributed by atoms with Crippen molar-refractivity contribution in [2.75, 3.05) is 12.3 Å². The number of thioether (sulfide) groups is 1. The summed E-state index contributed by atoms with van der Waals surface area (Å²) in [6, 6.07) is 1.51. The molecule has 0 saturated heterocycles. The Morgan fingerprint density at radius 2 is 2.17 bits per heavy atom. The van der Waals surface area contributed by atoms with Crippen LogP contribution in [0.1, 0.15) is 33.4 Å². The molecule has 0 radical (unpaired) electrons. The largest absolute Gasteiger partial charge is 0.312 e. The highest BCUT2D eigenvalue weighted by Crippen LogP contribution is 2.15. The summed E-state index contributed by atoms with van der Waals surface area (Å²) in [5.74, 6) is 1.47. The van der Waals surface area contributed by atoms with E-state index in [-0.39, 0.29) is 11.1 Å². The second-order valence-corrected chi connectivity index (χ2v) is 6.75. The van der Waals surface area contributed by atoms with Crippen LogP contribution in [-0.4, -0.2) is 27.8 Å². The molecule has 1 rings (SSSR count). The predicted molar refractivity (Wildman–Crippen MR) is 77.2 cm³/mol. The van der Waals surface area contributed by atoms with Gasteiger partial charge in [-0.15, -0.1) is 0 Å². The highest BCUT2D eigenvalue weighted by molar-refractivity contribution is 7.99. The molecule has 0 aliphatic rings. The summed E-state index contributed by atoms with van der Waals surface area (Å²) in [6.45, 7) is 11.5. The monoisotopic (exact) mass is 269 g/mol. The molecule has 0 fully saturated rings. The summed E-state index contributed by atoms with van der Waals surface area (Å²) in [5.41, 5.74) is 0.835. The van der Waals surface area contributed by atoms with Crippen LogP contribution < -0.4 is 10.9 Å². The molecule has 0 bridgehead atoms. The average molecular weight is 269 g/mol. The normalized spacial score (nSPS) is 13.6. The molecule has 0 aromatic carbocycles. The highest BCUT2D eigenvalue weighted by Gasteiger charge is 2.11. The highest BCUT2D eigenvalue weighted by atomic mass is 32.2. The van der Waals surface area contributed by atoms with Crippen LogP contribution in [0.3, 0.4) is 0 Å². The van der Waals surface area contributed by atoms with Crippen molar-refractivity contribution in [3.05, 3.63) is 22.1 Å². The van der Waals surface area contributed by atoms with Gasteiger partial charge in [0, 0.05) is 23.1 Å². The van der Waals surface area contributed by atoms with Crippen molar-refractivity contribution in [2.45, 2.75) is 45.3 Å². The molecule has 0 aliphatic heterocycles. The Kier molecular flexibility index (Phi) is 5.41. The third-order valence-electron chi connectivity index (χ3n) is 2.33. The van der Waals surface area contributed by atoms with Crippen LogP contribution in [0.4, 0.5) is 0 Å². The van der Waals surface area contributed by atoms with E-state index < -0.39 is 0 Å². The lowest BCUT2D eigenvalue weighted by Gasteiger charge is -2.23. The average Bonchev–Trinajstić information content (AvgIpc) is 2.21. The van der Waals surface area contributed by atoms with Crippen molar-refractivity contribution in [2.24, 2.45) is 5.92 Å². The minimum Gasteiger partial charge on any atom is -0.312 e. The summed E-state index contributed by atoms with van der Waals surface area (Å²) < 4.78 is 0. The van der Waals surface area contributed by atoms with E-state index in [1.165, 1.54) is 6.07 Å². The first kappa shape index (κ1) is 15.2. The van der Waals surface area contributed by atoms with Crippen LogP contribution >= 0.6 is 11.8 Å². The maximum atomic E-state index is 11.3. The Hall–Kier alpha value is -0.810. The van der Waals surface area contributed by atoms with Crippen LogP contribution in [0.2, 0.25) is 0 Å². The van der Waals surface area contributed by atoms with Crippen molar-refractivity contribution in [3.8, 4) is 0 Å². The predicted octanol–water partition coefficient (Wildman–Crippen LogP) is 2.19. The molecule has 1 aromatic rings. The van der Waals surface area contributed by atoms with Crippen molar-refractivity contribution >= 4 is 11.8 Å². The van der Waals surface area contributed by atoms with E-state index in [2.05, 4.69) is 43.0 Å². The second-order valence-electron chi connectivity index (χ2n) is 5.74. The summed E-state index contributed by atoms with van der Waals surface area (Å²) in [7, 11) is 0. The molecular formula is C13H23N3OS.